The maximum Gasteiger partial charge on any atom is 0.389 e. The van der Waals surface area contributed by atoms with E-state index in [-0.39, 0.29) is 11.9 Å². The number of unbranched alkanes of at least 4 members (excludes halogenated alkanes) is 2. The van der Waals surface area contributed by atoms with Crippen molar-refractivity contribution in [1.29, 1.82) is 0 Å². The summed E-state index contributed by atoms with van der Waals surface area (Å²) in [5.41, 5.74) is 0. The second kappa shape index (κ2) is 5.48. The zero-order valence-corrected chi connectivity index (χ0v) is 9.22. The molecule has 1 aromatic heterocycles. The van der Waals surface area contributed by atoms with Crippen molar-refractivity contribution in [3.05, 3.63) is 22.4 Å². The van der Waals surface area contributed by atoms with Crippen molar-refractivity contribution in [2.75, 3.05) is 0 Å². The van der Waals surface area contributed by atoms with Crippen LogP contribution < -0.4 is 0 Å². The van der Waals surface area contributed by atoms with E-state index in [0.717, 1.165) is 12.8 Å². The van der Waals surface area contributed by atoms with Gasteiger partial charge in [0, 0.05) is 0 Å². The van der Waals surface area contributed by atoms with Gasteiger partial charge in [-0.2, -0.15) is 4.68 Å². The minimum Gasteiger partial charge on any atom is -0.358 e. The number of nitro groups is 1. The first-order valence-electron chi connectivity index (χ1n) is 5.34. The fraction of sp³-hybridized carbons (Fsp3) is 0.700. The van der Waals surface area contributed by atoms with Crippen molar-refractivity contribution in [3.8, 4) is 0 Å². The molecule has 1 rings (SSSR count). The van der Waals surface area contributed by atoms with Gasteiger partial charge in [-0.25, -0.2) is 0 Å². The van der Waals surface area contributed by atoms with Gasteiger partial charge in [0.2, 0.25) is 0 Å². The molecule has 0 aliphatic rings. The maximum atomic E-state index is 10.4. The Hall–Kier alpha value is -1.39. The van der Waals surface area contributed by atoms with Crippen LogP contribution in [0.2, 0.25) is 0 Å². The van der Waals surface area contributed by atoms with Crippen molar-refractivity contribution < 1.29 is 4.92 Å². The van der Waals surface area contributed by atoms with E-state index in [4.69, 9.17) is 0 Å². The minimum absolute atomic E-state index is 0.0719. The van der Waals surface area contributed by atoms with Crippen molar-refractivity contribution >= 4 is 5.82 Å². The van der Waals surface area contributed by atoms with Crippen molar-refractivity contribution in [2.24, 2.45) is 0 Å². The molecule has 0 N–H and O–H groups in total. The molecule has 15 heavy (non-hydrogen) atoms. The molecule has 0 bridgehead atoms. The summed E-state index contributed by atoms with van der Waals surface area (Å²) in [5.74, 6) is -0.0719. The Morgan fingerprint density at radius 1 is 1.60 bits per heavy atom. The first-order valence-corrected chi connectivity index (χ1v) is 5.34. The third-order valence-corrected chi connectivity index (χ3v) is 2.46. The third-order valence-electron chi connectivity index (χ3n) is 2.46. The SMILES string of the molecule is CCCCC[C@H](C)n1ccc([N+](=O)[O-])n1. The lowest BCUT2D eigenvalue weighted by molar-refractivity contribution is -0.389. The van der Waals surface area contributed by atoms with Gasteiger partial charge in [0.1, 0.15) is 0 Å². The molecule has 0 aliphatic heterocycles. The zero-order chi connectivity index (χ0) is 11.3. The largest absolute Gasteiger partial charge is 0.389 e. The molecule has 0 spiro atoms. The highest BCUT2D eigenvalue weighted by molar-refractivity contribution is 5.14. The van der Waals surface area contributed by atoms with E-state index < -0.39 is 4.92 Å². The quantitative estimate of drug-likeness (QED) is 0.413. The fourth-order valence-corrected chi connectivity index (χ4v) is 1.49. The predicted molar refractivity (Wildman–Crippen MR) is 57.7 cm³/mol. The molecule has 84 valence electrons. The van der Waals surface area contributed by atoms with Gasteiger partial charge in [0.25, 0.3) is 0 Å². The van der Waals surface area contributed by atoms with Gasteiger partial charge >= 0.3 is 5.82 Å². The van der Waals surface area contributed by atoms with E-state index in [0.29, 0.717) is 0 Å². The summed E-state index contributed by atoms with van der Waals surface area (Å²) in [5, 5.41) is 14.3. The molecule has 0 aliphatic carbocycles. The van der Waals surface area contributed by atoms with Crippen LogP contribution in [0.3, 0.4) is 0 Å². The standard InChI is InChI=1S/C10H17N3O2/c1-3-4-5-6-9(2)12-8-7-10(11-12)13(14)15/h7-9H,3-6H2,1-2H3/t9-/m0/s1. The Kier molecular flexibility index (Phi) is 4.27. The molecule has 0 radical (unpaired) electrons. The minimum atomic E-state index is -0.463. The van der Waals surface area contributed by atoms with Crippen LogP contribution in [-0.4, -0.2) is 14.7 Å². The van der Waals surface area contributed by atoms with E-state index >= 15 is 0 Å². The Morgan fingerprint density at radius 3 is 2.87 bits per heavy atom. The fourth-order valence-electron chi connectivity index (χ4n) is 1.49. The Bertz CT molecular complexity index is 322. The first-order chi connectivity index (χ1) is 7.15. The second-order valence-corrected chi connectivity index (χ2v) is 3.76. The molecule has 0 saturated heterocycles. The number of aromatic nitrogens is 2. The lowest BCUT2D eigenvalue weighted by atomic mass is 10.1. The van der Waals surface area contributed by atoms with E-state index in [2.05, 4.69) is 12.0 Å². The van der Waals surface area contributed by atoms with Crippen LogP contribution in [0.25, 0.3) is 0 Å². The van der Waals surface area contributed by atoms with Crippen LogP contribution in [-0.2, 0) is 0 Å². The number of hydrogen-bond donors (Lipinski definition) is 0. The van der Waals surface area contributed by atoms with Crippen LogP contribution in [0.4, 0.5) is 5.82 Å². The van der Waals surface area contributed by atoms with Gasteiger partial charge in [-0.1, -0.05) is 26.2 Å². The number of nitrogens with zero attached hydrogens (tertiary/aromatic N) is 3. The van der Waals surface area contributed by atoms with Gasteiger partial charge in [0.15, 0.2) is 0 Å². The summed E-state index contributed by atoms with van der Waals surface area (Å²) >= 11 is 0. The van der Waals surface area contributed by atoms with Gasteiger partial charge in [0.05, 0.1) is 23.4 Å². The molecule has 0 aromatic carbocycles. The zero-order valence-electron chi connectivity index (χ0n) is 9.22. The smallest absolute Gasteiger partial charge is 0.358 e. The lowest BCUT2D eigenvalue weighted by Crippen LogP contribution is -2.06. The average Bonchev–Trinajstić information content (AvgIpc) is 2.66. The topological polar surface area (TPSA) is 61.0 Å². The maximum absolute atomic E-state index is 10.4. The molecular formula is C10H17N3O2. The molecule has 0 fully saturated rings. The van der Waals surface area contributed by atoms with Crippen molar-refractivity contribution in [1.82, 2.24) is 9.78 Å². The van der Waals surface area contributed by atoms with Gasteiger partial charge in [-0.15, -0.1) is 0 Å². The third kappa shape index (κ3) is 3.34. The highest BCUT2D eigenvalue weighted by Gasteiger charge is 2.14. The Morgan fingerprint density at radius 2 is 2.33 bits per heavy atom. The summed E-state index contributed by atoms with van der Waals surface area (Å²) in [6.45, 7) is 4.19. The molecule has 1 atom stereocenters. The van der Waals surface area contributed by atoms with Gasteiger partial charge in [-0.05, 0) is 18.3 Å². The number of hydrogen-bond acceptors (Lipinski definition) is 3. The Labute approximate surface area is 89.2 Å². The van der Waals surface area contributed by atoms with Crippen LogP contribution >= 0.6 is 0 Å². The van der Waals surface area contributed by atoms with E-state index in [1.54, 1.807) is 10.9 Å². The predicted octanol–water partition coefficient (Wildman–Crippen LogP) is 2.93. The summed E-state index contributed by atoms with van der Waals surface area (Å²) < 4.78 is 1.67. The molecule has 1 heterocycles. The highest BCUT2D eigenvalue weighted by Crippen LogP contribution is 2.16. The molecule has 0 amide bonds. The number of rotatable bonds is 6. The summed E-state index contributed by atoms with van der Waals surface area (Å²) in [7, 11) is 0. The second-order valence-electron chi connectivity index (χ2n) is 3.76. The lowest BCUT2D eigenvalue weighted by Gasteiger charge is -2.07. The van der Waals surface area contributed by atoms with E-state index in [9.17, 15) is 10.1 Å². The highest BCUT2D eigenvalue weighted by atomic mass is 16.6. The molecular weight excluding hydrogens is 194 g/mol. The average molecular weight is 211 g/mol. The summed E-state index contributed by atoms with van der Waals surface area (Å²) in [6.07, 6.45) is 6.23. The monoisotopic (exact) mass is 211 g/mol. The van der Waals surface area contributed by atoms with Crippen molar-refractivity contribution in [2.45, 2.75) is 45.6 Å². The first kappa shape index (κ1) is 11.7. The summed E-state index contributed by atoms with van der Waals surface area (Å²) in [4.78, 5) is 9.96. The van der Waals surface area contributed by atoms with Crippen LogP contribution in [0.5, 0.6) is 0 Å². The molecule has 1 aromatic rings. The molecule has 0 saturated carbocycles. The van der Waals surface area contributed by atoms with Crippen LogP contribution in [0.1, 0.15) is 45.6 Å². The Balaban J connectivity index is 2.50. The molecule has 0 unspecified atom stereocenters. The van der Waals surface area contributed by atoms with Gasteiger partial charge < -0.3 is 10.1 Å². The van der Waals surface area contributed by atoms with Crippen molar-refractivity contribution in [3.63, 3.8) is 0 Å². The molecule has 5 heteroatoms. The summed E-state index contributed by atoms with van der Waals surface area (Å²) in [6, 6.07) is 1.68. The van der Waals surface area contributed by atoms with Crippen LogP contribution in [0, 0.1) is 10.1 Å². The molecule has 5 nitrogen and oxygen atoms in total. The van der Waals surface area contributed by atoms with Gasteiger partial charge in [-0.3, -0.25) is 0 Å². The normalized spacial score (nSPS) is 12.7. The van der Waals surface area contributed by atoms with E-state index in [1.165, 1.54) is 18.9 Å². The van der Waals surface area contributed by atoms with Crippen LogP contribution in [0.15, 0.2) is 12.3 Å². The van der Waals surface area contributed by atoms with E-state index in [1.807, 2.05) is 6.92 Å².